The molecule has 0 aliphatic carbocycles. The first kappa shape index (κ1) is 24.0. The summed E-state index contributed by atoms with van der Waals surface area (Å²) >= 11 is 6.96. The summed E-state index contributed by atoms with van der Waals surface area (Å²) in [4.78, 5) is 0. The molecule has 0 saturated carbocycles. The summed E-state index contributed by atoms with van der Waals surface area (Å²) in [5.41, 5.74) is 0.924. The minimum Gasteiger partial charge on any atom is -0.493 e. The lowest BCUT2D eigenvalue weighted by molar-refractivity contribution is 0.304. The first-order valence-corrected chi connectivity index (χ1v) is 11.6. The van der Waals surface area contributed by atoms with Crippen LogP contribution in [0.1, 0.15) is 90.5 Å². The first-order chi connectivity index (χ1) is 13.0. The summed E-state index contributed by atoms with van der Waals surface area (Å²) < 4.78 is 6.19. The van der Waals surface area contributed by atoms with Crippen molar-refractivity contribution in [2.45, 2.75) is 89.7 Å². The minimum atomic E-state index is -0.527. The van der Waals surface area contributed by atoms with E-state index < -0.39 is 4.75 Å². The molecule has 2 nitrogen and oxygen atoms in total. The molecule has 0 heterocycles. The van der Waals surface area contributed by atoms with Gasteiger partial charge in [-0.3, -0.25) is 0 Å². The molecule has 0 aliphatic heterocycles. The van der Waals surface area contributed by atoms with E-state index in [1.807, 2.05) is 38.1 Å². The van der Waals surface area contributed by atoms with Crippen LogP contribution in [0.25, 0.3) is 0 Å². The summed E-state index contributed by atoms with van der Waals surface area (Å²) in [6.07, 6.45) is 13.2. The molecule has 0 atom stereocenters. The number of ether oxygens (including phenoxy) is 1. The number of thioether (sulfide) groups is 1. The number of unbranched alkanes of at least 4 members (excludes halogenated alkanes) is 9. The molecule has 0 aliphatic rings. The summed E-state index contributed by atoms with van der Waals surface area (Å²) in [6.45, 7) is 6.76. The average Bonchev–Trinajstić information content (AvgIpc) is 2.66. The maximum Gasteiger partial charge on any atom is 0.128 e. The number of nitriles is 1. The minimum absolute atomic E-state index is 0.527. The van der Waals surface area contributed by atoms with Gasteiger partial charge in [0.15, 0.2) is 0 Å². The van der Waals surface area contributed by atoms with Crippen molar-refractivity contribution in [2.24, 2.45) is 0 Å². The maximum atomic E-state index is 9.21. The number of para-hydroxylation sites is 1. The fraction of sp³-hybridized carbons (Fsp3) is 0.652. The first-order valence-electron chi connectivity index (χ1n) is 10.4. The highest BCUT2D eigenvalue weighted by Gasteiger charge is 2.22. The van der Waals surface area contributed by atoms with Crippen LogP contribution in [-0.2, 0) is 0 Å². The van der Waals surface area contributed by atoms with Gasteiger partial charge in [0.25, 0.3) is 0 Å². The molecule has 0 fully saturated rings. The Labute approximate surface area is 176 Å². The van der Waals surface area contributed by atoms with Crippen LogP contribution in [0, 0.1) is 11.3 Å². The molecule has 150 valence electrons. The van der Waals surface area contributed by atoms with Crippen LogP contribution in [0.2, 0.25) is 0 Å². The van der Waals surface area contributed by atoms with Crippen molar-refractivity contribution in [1.82, 2.24) is 0 Å². The van der Waals surface area contributed by atoms with Crippen molar-refractivity contribution in [1.29, 1.82) is 5.26 Å². The van der Waals surface area contributed by atoms with Crippen LogP contribution in [0.4, 0.5) is 0 Å². The number of benzene rings is 1. The molecular formula is C23H35NOS2. The molecule has 0 radical (unpaired) electrons. The molecule has 0 aromatic heterocycles. The molecule has 27 heavy (non-hydrogen) atoms. The van der Waals surface area contributed by atoms with Gasteiger partial charge < -0.3 is 4.74 Å². The highest BCUT2D eigenvalue weighted by atomic mass is 32.2. The van der Waals surface area contributed by atoms with Gasteiger partial charge in [0.05, 0.1) is 16.9 Å². The Kier molecular flexibility index (Phi) is 12.5. The zero-order chi connectivity index (χ0) is 20.0. The van der Waals surface area contributed by atoms with Crippen LogP contribution < -0.4 is 4.74 Å². The summed E-state index contributed by atoms with van der Waals surface area (Å²) in [5.74, 6) is 0.833. The van der Waals surface area contributed by atoms with Gasteiger partial charge in [0.2, 0.25) is 0 Å². The van der Waals surface area contributed by atoms with Crippen LogP contribution in [0.5, 0.6) is 5.75 Å². The molecule has 0 saturated heterocycles. The lowest BCUT2D eigenvalue weighted by atomic mass is 10.1. The number of hydrogen-bond donors (Lipinski definition) is 0. The molecule has 0 N–H and O–H groups in total. The van der Waals surface area contributed by atoms with E-state index in [2.05, 4.69) is 13.0 Å². The van der Waals surface area contributed by atoms with E-state index in [-0.39, 0.29) is 0 Å². The molecule has 1 aromatic rings. The third-order valence-electron chi connectivity index (χ3n) is 4.48. The molecule has 1 aromatic carbocycles. The Balaban J connectivity index is 2.26. The smallest absolute Gasteiger partial charge is 0.128 e. The monoisotopic (exact) mass is 405 g/mol. The van der Waals surface area contributed by atoms with Gasteiger partial charge in [-0.25, -0.2) is 0 Å². The van der Waals surface area contributed by atoms with Crippen molar-refractivity contribution in [3.63, 3.8) is 0 Å². The topological polar surface area (TPSA) is 33.0 Å². The molecule has 4 heteroatoms. The van der Waals surface area contributed by atoms with E-state index in [1.54, 1.807) is 0 Å². The number of nitrogens with zero attached hydrogens (tertiary/aromatic N) is 1. The summed E-state index contributed by atoms with van der Waals surface area (Å²) in [5, 5.41) is 9.21. The molecule has 0 spiro atoms. The van der Waals surface area contributed by atoms with Gasteiger partial charge in [0.1, 0.15) is 10.5 Å². The maximum absolute atomic E-state index is 9.21. The third kappa shape index (κ3) is 10.8. The van der Waals surface area contributed by atoms with Gasteiger partial charge in [0, 0.05) is 5.56 Å². The second-order valence-corrected chi connectivity index (χ2v) is 9.84. The van der Waals surface area contributed by atoms with E-state index >= 15 is 0 Å². The van der Waals surface area contributed by atoms with Crippen molar-refractivity contribution in [2.75, 3.05) is 6.61 Å². The predicted molar refractivity (Wildman–Crippen MR) is 123 cm³/mol. The standard InChI is InChI=1S/C23H35NOS2/c1-4-5-6-7-8-9-10-11-12-15-18-25-21-17-14-13-16-20(21)22(26)27-23(2,3)19-24/h13-14,16-17H,4-12,15,18H2,1-3H3. The fourth-order valence-corrected chi connectivity index (χ4v) is 4.42. The van der Waals surface area contributed by atoms with Gasteiger partial charge in [-0.1, -0.05) is 101 Å². The molecule has 0 bridgehead atoms. The fourth-order valence-electron chi connectivity index (χ4n) is 2.84. The molecule has 0 amide bonds. The van der Waals surface area contributed by atoms with Gasteiger partial charge in [-0.2, -0.15) is 5.26 Å². The third-order valence-corrected chi connectivity index (χ3v) is 5.96. The Hall–Kier alpha value is -1.05. The second-order valence-electron chi connectivity index (χ2n) is 7.54. The van der Waals surface area contributed by atoms with E-state index in [9.17, 15) is 5.26 Å². The molecular weight excluding hydrogens is 370 g/mol. The summed E-state index contributed by atoms with van der Waals surface area (Å²) in [6, 6.07) is 10.2. The zero-order valence-electron chi connectivity index (χ0n) is 17.3. The van der Waals surface area contributed by atoms with Crippen LogP contribution in [-0.4, -0.2) is 15.6 Å². The number of hydrogen-bond acceptors (Lipinski definition) is 4. The number of thiocarbonyl (C=S) groups is 1. The highest BCUT2D eigenvalue weighted by molar-refractivity contribution is 8.24. The SMILES string of the molecule is CCCCCCCCCCCCOc1ccccc1C(=S)SC(C)(C)C#N. The van der Waals surface area contributed by atoms with E-state index in [4.69, 9.17) is 17.0 Å². The normalized spacial score (nSPS) is 11.2. The van der Waals surface area contributed by atoms with Crippen molar-refractivity contribution in [3.8, 4) is 11.8 Å². The quantitative estimate of drug-likeness (QED) is 0.234. The Morgan fingerprint density at radius 3 is 2.15 bits per heavy atom. The van der Waals surface area contributed by atoms with Gasteiger partial charge in [-0.05, 0) is 32.4 Å². The van der Waals surface area contributed by atoms with Gasteiger partial charge in [-0.15, -0.1) is 0 Å². The predicted octanol–water partition coefficient (Wildman–Crippen LogP) is 7.70. The summed E-state index contributed by atoms with van der Waals surface area (Å²) in [7, 11) is 0. The molecule has 1 rings (SSSR count). The van der Waals surface area contributed by atoms with Crippen molar-refractivity contribution < 1.29 is 4.74 Å². The Morgan fingerprint density at radius 1 is 1.00 bits per heavy atom. The average molecular weight is 406 g/mol. The van der Waals surface area contributed by atoms with Crippen LogP contribution in [0.15, 0.2) is 24.3 Å². The molecule has 0 unspecified atom stereocenters. The number of rotatable bonds is 14. The lowest BCUT2D eigenvalue weighted by Gasteiger charge is -2.17. The lowest BCUT2D eigenvalue weighted by Crippen LogP contribution is -2.14. The van der Waals surface area contributed by atoms with E-state index in [0.717, 1.165) is 28.5 Å². The second kappa shape index (κ2) is 14.0. The van der Waals surface area contributed by atoms with Crippen molar-refractivity contribution >= 4 is 28.2 Å². The van der Waals surface area contributed by atoms with Crippen LogP contribution in [0.3, 0.4) is 0 Å². The Morgan fingerprint density at radius 2 is 1.56 bits per heavy atom. The van der Waals surface area contributed by atoms with E-state index in [0.29, 0.717) is 0 Å². The van der Waals surface area contributed by atoms with E-state index in [1.165, 1.54) is 69.5 Å². The largest absolute Gasteiger partial charge is 0.493 e. The highest BCUT2D eigenvalue weighted by Crippen LogP contribution is 2.32. The zero-order valence-corrected chi connectivity index (χ0v) is 18.9. The van der Waals surface area contributed by atoms with Crippen molar-refractivity contribution in [3.05, 3.63) is 29.8 Å². The van der Waals surface area contributed by atoms with Gasteiger partial charge >= 0.3 is 0 Å². The van der Waals surface area contributed by atoms with Crippen LogP contribution >= 0.6 is 24.0 Å². The Bertz CT molecular complexity index is 592.